The normalized spacial score (nSPS) is 66.4. The first-order valence-corrected chi connectivity index (χ1v) is 6.03. The van der Waals surface area contributed by atoms with Gasteiger partial charge in [0.05, 0.1) is 0 Å². The van der Waals surface area contributed by atoms with Crippen molar-refractivity contribution in [3.05, 3.63) is 12.2 Å². The molecule has 0 aliphatic heterocycles. The van der Waals surface area contributed by atoms with E-state index >= 15 is 0 Å². The molecule has 0 spiro atoms. The Hall–Kier alpha value is -0.260. The van der Waals surface area contributed by atoms with Gasteiger partial charge in [0.15, 0.2) is 0 Å². The molecule has 0 aromatic carbocycles. The lowest BCUT2D eigenvalue weighted by Crippen LogP contribution is -2.29. The van der Waals surface area contributed by atoms with Gasteiger partial charge in [0.1, 0.15) is 0 Å². The van der Waals surface area contributed by atoms with Crippen molar-refractivity contribution in [2.75, 3.05) is 0 Å². The zero-order valence-electron chi connectivity index (χ0n) is 8.32. The number of fused-ring (bicyclic) bond motifs is 9. The van der Waals surface area contributed by atoms with Crippen molar-refractivity contribution < 1.29 is 0 Å². The van der Waals surface area contributed by atoms with Crippen LogP contribution in [0.15, 0.2) is 12.2 Å². The summed E-state index contributed by atoms with van der Waals surface area (Å²) in [7, 11) is 0. The van der Waals surface area contributed by atoms with Crippen molar-refractivity contribution in [3.8, 4) is 0 Å². The predicted octanol–water partition coefficient (Wildman–Crippen LogP) is 3.10. The summed E-state index contributed by atoms with van der Waals surface area (Å²) < 4.78 is 0. The first-order valence-electron chi connectivity index (χ1n) is 6.03. The summed E-state index contributed by atoms with van der Waals surface area (Å²) in [6.07, 6.45) is 9.75. The van der Waals surface area contributed by atoms with Gasteiger partial charge in [-0.1, -0.05) is 19.1 Å². The molecule has 7 atom stereocenters. The molecule has 13 heavy (non-hydrogen) atoms. The highest BCUT2D eigenvalue weighted by Crippen LogP contribution is 2.66. The predicted molar refractivity (Wildman–Crippen MR) is 53.1 cm³/mol. The first kappa shape index (κ1) is 7.09. The van der Waals surface area contributed by atoms with Crippen LogP contribution in [0.25, 0.3) is 0 Å². The van der Waals surface area contributed by atoms with Gasteiger partial charge in [-0.05, 0) is 60.7 Å². The highest BCUT2D eigenvalue weighted by Gasteiger charge is 2.59. The summed E-state index contributed by atoms with van der Waals surface area (Å²) in [5.74, 6) is 7.59. The summed E-state index contributed by atoms with van der Waals surface area (Å²) in [6, 6.07) is 0. The van der Waals surface area contributed by atoms with Crippen molar-refractivity contribution in [1.29, 1.82) is 0 Å². The van der Waals surface area contributed by atoms with Gasteiger partial charge >= 0.3 is 0 Å². The minimum atomic E-state index is 1.01. The third kappa shape index (κ3) is 0.671. The standard InChI is InChI=1S/C13H18/c1-7-4-10-6-11(7)13-9-3-2-8(5-9)12(10)13/h2-3,7-13H,4-6H2,1H3/t7-,8-,9?,10?,11-,12?,13?/m1/s1. The fourth-order valence-electron chi connectivity index (χ4n) is 5.35. The zero-order valence-corrected chi connectivity index (χ0v) is 8.32. The maximum Gasteiger partial charge on any atom is -0.0194 e. The van der Waals surface area contributed by atoms with Crippen LogP contribution in [-0.2, 0) is 0 Å². The Morgan fingerprint density at radius 3 is 2.54 bits per heavy atom. The van der Waals surface area contributed by atoms with Crippen LogP contribution in [0.5, 0.6) is 0 Å². The molecular weight excluding hydrogens is 156 g/mol. The van der Waals surface area contributed by atoms with E-state index in [-0.39, 0.29) is 0 Å². The van der Waals surface area contributed by atoms with E-state index in [2.05, 4.69) is 19.1 Å². The fraction of sp³-hybridized carbons (Fsp3) is 0.846. The highest BCUT2D eigenvalue weighted by molar-refractivity contribution is 5.20. The molecule has 0 amide bonds. The Morgan fingerprint density at radius 2 is 1.69 bits per heavy atom. The number of hydrogen-bond donors (Lipinski definition) is 0. The van der Waals surface area contributed by atoms with Crippen LogP contribution in [-0.4, -0.2) is 0 Å². The molecule has 0 nitrogen and oxygen atoms in total. The Morgan fingerprint density at radius 1 is 0.923 bits per heavy atom. The van der Waals surface area contributed by atoms with Crippen molar-refractivity contribution in [2.45, 2.75) is 26.2 Å². The van der Waals surface area contributed by atoms with Gasteiger partial charge in [0.2, 0.25) is 0 Å². The fourth-order valence-corrected chi connectivity index (χ4v) is 5.35. The second kappa shape index (κ2) is 2.04. The summed E-state index contributed by atoms with van der Waals surface area (Å²) in [5, 5.41) is 0. The molecule has 4 bridgehead atoms. The van der Waals surface area contributed by atoms with Crippen molar-refractivity contribution >= 4 is 0 Å². The molecule has 0 radical (unpaired) electrons. The molecule has 4 aliphatic rings. The third-order valence-corrected chi connectivity index (χ3v) is 5.60. The Balaban J connectivity index is 1.79. The van der Waals surface area contributed by atoms with Gasteiger partial charge in [-0.3, -0.25) is 0 Å². The molecule has 3 saturated carbocycles. The minimum absolute atomic E-state index is 1.01. The van der Waals surface area contributed by atoms with E-state index in [1.165, 1.54) is 6.42 Å². The molecule has 0 heteroatoms. The molecule has 4 aliphatic carbocycles. The largest absolute Gasteiger partial charge is 0.0848 e. The molecule has 0 aromatic heterocycles. The number of allylic oxidation sites excluding steroid dienone is 2. The lowest BCUT2D eigenvalue weighted by Gasteiger charge is -2.35. The molecule has 0 aromatic rings. The molecule has 0 N–H and O–H groups in total. The van der Waals surface area contributed by atoms with E-state index in [4.69, 9.17) is 0 Å². The van der Waals surface area contributed by atoms with Gasteiger partial charge in [0.25, 0.3) is 0 Å². The second-order valence-corrected chi connectivity index (χ2v) is 5.98. The van der Waals surface area contributed by atoms with Crippen molar-refractivity contribution in [2.24, 2.45) is 41.4 Å². The van der Waals surface area contributed by atoms with Crippen LogP contribution < -0.4 is 0 Å². The molecular formula is C13H18. The van der Waals surface area contributed by atoms with Gasteiger partial charge in [-0.25, -0.2) is 0 Å². The van der Waals surface area contributed by atoms with Gasteiger partial charge < -0.3 is 0 Å². The van der Waals surface area contributed by atoms with Gasteiger partial charge in [-0.2, -0.15) is 0 Å². The van der Waals surface area contributed by atoms with E-state index in [0.29, 0.717) is 0 Å². The van der Waals surface area contributed by atoms with E-state index < -0.39 is 0 Å². The maximum absolute atomic E-state index is 2.54. The molecule has 70 valence electrons. The minimum Gasteiger partial charge on any atom is -0.0848 e. The quantitative estimate of drug-likeness (QED) is 0.391. The average molecular weight is 174 g/mol. The molecule has 0 saturated heterocycles. The van der Waals surface area contributed by atoms with Gasteiger partial charge in [-0.15, -0.1) is 0 Å². The smallest absolute Gasteiger partial charge is 0.0194 e. The topological polar surface area (TPSA) is 0 Å². The van der Waals surface area contributed by atoms with E-state index in [0.717, 1.165) is 41.4 Å². The van der Waals surface area contributed by atoms with Crippen LogP contribution in [0.3, 0.4) is 0 Å². The van der Waals surface area contributed by atoms with E-state index in [9.17, 15) is 0 Å². The van der Waals surface area contributed by atoms with E-state index in [1.807, 2.05) is 0 Å². The van der Waals surface area contributed by atoms with Crippen LogP contribution in [0.2, 0.25) is 0 Å². The van der Waals surface area contributed by atoms with Crippen LogP contribution in [0.1, 0.15) is 26.2 Å². The van der Waals surface area contributed by atoms with E-state index in [1.54, 1.807) is 12.8 Å². The van der Waals surface area contributed by atoms with Crippen LogP contribution >= 0.6 is 0 Å². The maximum atomic E-state index is 2.54. The van der Waals surface area contributed by atoms with Crippen LogP contribution in [0, 0.1) is 41.4 Å². The summed E-state index contributed by atoms with van der Waals surface area (Å²) in [4.78, 5) is 0. The van der Waals surface area contributed by atoms with Crippen molar-refractivity contribution in [1.82, 2.24) is 0 Å². The van der Waals surface area contributed by atoms with Crippen molar-refractivity contribution in [3.63, 3.8) is 0 Å². The Kier molecular flexibility index (Phi) is 1.11. The zero-order chi connectivity index (χ0) is 8.58. The SMILES string of the molecule is C[C@@H]1CC2C[C@H]1C1C3C=C[C@H](C3)C21. The van der Waals surface area contributed by atoms with Gasteiger partial charge in [0, 0.05) is 0 Å². The first-order chi connectivity index (χ1) is 6.34. The monoisotopic (exact) mass is 174 g/mol. The summed E-state index contributed by atoms with van der Waals surface area (Å²) in [5.41, 5.74) is 0. The molecule has 0 heterocycles. The van der Waals surface area contributed by atoms with Crippen LogP contribution in [0.4, 0.5) is 0 Å². The summed E-state index contributed by atoms with van der Waals surface area (Å²) >= 11 is 0. The molecule has 4 rings (SSSR count). The second-order valence-electron chi connectivity index (χ2n) is 5.98. The Labute approximate surface area is 80.4 Å². The summed E-state index contributed by atoms with van der Waals surface area (Å²) in [6.45, 7) is 2.50. The lowest BCUT2D eigenvalue weighted by atomic mass is 9.70. The molecule has 3 fully saturated rings. The molecule has 4 unspecified atom stereocenters. The number of rotatable bonds is 0. The average Bonchev–Trinajstić information content (AvgIpc) is 2.78. The third-order valence-electron chi connectivity index (χ3n) is 5.60. The highest BCUT2D eigenvalue weighted by atomic mass is 14.6. The lowest BCUT2D eigenvalue weighted by molar-refractivity contribution is 0.160. The number of hydrogen-bond acceptors (Lipinski definition) is 0. The Bertz CT molecular complexity index is 278.